The van der Waals surface area contributed by atoms with Gasteiger partial charge in [-0.2, -0.15) is 0 Å². The van der Waals surface area contributed by atoms with E-state index in [1.807, 2.05) is 0 Å². The quantitative estimate of drug-likeness (QED) is 0.335. The molecule has 0 saturated carbocycles. The van der Waals surface area contributed by atoms with Gasteiger partial charge >= 0.3 is 0 Å². The second-order valence-electron chi connectivity index (χ2n) is 6.34. The predicted molar refractivity (Wildman–Crippen MR) is 101 cm³/mol. The van der Waals surface area contributed by atoms with Crippen LogP contribution in [0.5, 0.6) is 0 Å². The van der Waals surface area contributed by atoms with Crippen molar-refractivity contribution < 1.29 is 4.42 Å². The molecular weight excluding hydrogens is 292 g/mol. The van der Waals surface area contributed by atoms with Crippen molar-refractivity contribution in [3.63, 3.8) is 0 Å². The molecule has 1 nitrogen and oxygen atoms in total. The average molecular weight is 308 g/mol. The molecule has 0 atom stereocenters. The molecule has 0 unspecified atom stereocenters. The fourth-order valence-corrected chi connectivity index (χ4v) is 3.54. The van der Waals surface area contributed by atoms with Gasteiger partial charge in [0, 0.05) is 10.8 Å². The third-order valence-electron chi connectivity index (χ3n) is 4.73. The maximum atomic E-state index is 5.99. The molecule has 5 aromatic rings. The Morgan fingerprint density at radius 1 is 0.625 bits per heavy atom. The first-order chi connectivity index (χ1) is 11.8. The van der Waals surface area contributed by atoms with Gasteiger partial charge in [-0.1, -0.05) is 60.2 Å². The van der Waals surface area contributed by atoms with Crippen LogP contribution in [0.3, 0.4) is 0 Å². The Kier molecular flexibility index (Phi) is 2.77. The van der Waals surface area contributed by atoms with Crippen LogP contribution in [-0.2, 0) is 0 Å². The summed E-state index contributed by atoms with van der Waals surface area (Å²) in [5.74, 6) is 0. The van der Waals surface area contributed by atoms with Crippen molar-refractivity contribution in [2.24, 2.45) is 0 Å². The van der Waals surface area contributed by atoms with E-state index in [-0.39, 0.29) is 0 Å². The number of aryl methyl sites for hydroxylation is 1. The molecule has 1 heteroatoms. The lowest BCUT2D eigenvalue weighted by Gasteiger charge is -2.07. The molecule has 0 spiro atoms. The van der Waals surface area contributed by atoms with E-state index < -0.39 is 0 Å². The van der Waals surface area contributed by atoms with E-state index in [1.54, 1.807) is 0 Å². The van der Waals surface area contributed by atoms with Crippen LogP contribution in [0, 0.1) is 6.92 Å². The van der Waals surface area contributed by atoms with E-state index in [2.05, 4.69) is 85.8 Å². The first kappa shape index (κ1) is 13.4. The summed E-state index contributed by atoms with van der Waals surface area (Å²) < 4.78 is 5.99. The minimum Gasteiger partial charge on any atom is -0.456 e. The minimum atomic E-state index is 0.944. The third-order valence-corrected chi connectivity index (χ3v) is 4.73. The number of rotatable bonds is 1. The highest BCUT2D eigenvalue weighted by atomic mass is 16.3. The largest absolute Gasteiger partial charge is 0.456 e. The van der Waals surface area contributed by atoms with E-state index in [1.165, 1.54) is 38.2 Å². The minimum absolute atomic E-state index is 0.944. The molecular formula is C23H16O. The van der Waals surface area contributed by atoms with Gasteiger partial charge in [0.1, 0.15) is 11.2 Å². The summed E-state index contributed by atoms with van der Waals surface area (Å²) in [5, 5.41) is 4.91. The summed E-state index contributed by atoms with van der Waals surface area (Å²) in [4.78, 5) is 0. The molecule has 0 aliphatic rings. The van der Waals surface area contributed by atoms with E-state index in [4.69, 9.17) is 4.42 Å². The Balaban J connectivity index is 1.83. The molecule has 4 aromatic carbocycles. The summed E-state index contributed by atoms with van der Waals surface area (Å²) in [7, 11) is 0. The fraction of sp³-hybridized carbons (Fsp3) is 0.0435. The van der Waals surface area contributed by atoms with Gasteiger partial charge in [0.2, 0.25) is 0 Å². The Morgan fingerprint density at radius 3 is 2.29 bits per heavy atom. The van der Waals surface area contributed by atoms with Gasteiger partial charge in [0.15, 0.2) is 0 Å². The van der Waals surface area contributed by atoms with Crippen molar-refractivity contribution in [2.75, 3.05) is 0 Å². The maximum Gasteiger partial charge on any atom is 0.135 e. The molecule has 1 heterocycles. The Morgan fingerprint density at radius 2 is 1.38 bits per heavy atom. The normalized spacial score (nSPS) is 11.5. The lowest BCUT2D eigenvalue weighted by atomic mass is 9.97. The molecule has 24 heavy (non-hydrogen) atoms. The average Bonchev–Trinajstić information content (AvgIpc) is 2.98. The molecule has 0 fully saturated rings. The van der Waals surface area contributed by atoms with E-state index in [9.17, 15) is 0 Å². The van der Waals surface area contributed by atoms with Crippen LogP contribution >= 0.6 is 0 Å². The zero-order valence-corrected chi connectivity index (χ0v) is 13.4. The van der Waals surface area contributed by atoms with Crippen molar-refractivity contribution in [1.29, 1.82) is 0 Å². The van der Waals surface area contributed by atoms with Crippen molar-refractivity contribution in [1.82, 2.24) is 0 Å². The van der Waals surface area contributed by atoms with Crippen LogP contribution < -0.4 is 0 Å². The lowest BCUT2D eigenvalue weighted by molar-refractivity contribution is 0.669. The maximum absolute atomic E-state index is 5.99. The molecule has 5 rings (SSSR count). The Bertz CT molecular complexity index is 1210. The second kappa shape index (κ2) is 4.97. The lowest BCUT2D eigenvalue weighted by Crippen LogP contribution is -1.81. The molecule has 0 N–H and O–H groups in total. The summed E-state index contributed by atoms with van der Waals surface area (Å²) in [6.45, 7) is 2.12. The van der Waals surface area contributed by atoms with Crippen LogP contribution in [-0.4, -0.2) is 0 Å². The zero-order chi connectivity index (χ0) is 16.1. The van der Waals surface area contributed by atoms with Crippen LogP contribution in [0.15, 0.2) is 83.3 Å². The van der Waals surface area contributed by atoms with Crippen LogP contribution in [0.2, 0.25) is 0 Å². The molecule has 0 aliphatic heterocycles. The Hall–Kier alpha value is -3.06. The van der Waals surface area contributed by atoms with Crippen molar-refractivity contribution in [3.05, 3.63) is 84.4 Å². The van der Waals surface area contributed by atoms with Gasteiger partial charge in [-0.15, -0.1) is 0 Å². The second-order valence-corrected chi connectivity index (χ2v) is 6.34. The third kappa shape index (κ3) is 1.95. The number of benzene rings is 4. The van der Waals surface area contributed by atoms with Gasteiger partial charge in [-0.05, 0) is 53.1 Å². The number of fused-ring (bicyclic) bond motifs is 4. The van der Waals surface area contributed by atoms with Gasteiger partial charge in [-0.25, -0.2) is 0 Å². The number of hydrogen-bond acceptors (Lipinski definition) is 1. The molecule has 1 aromatic heterocycles. The number of furan rings is 1. The van der Waals surface area contributed by atoms with Crippen LogP contribution in [0.25, 0.3) is 43.8 Å². The monoisotopic (exact) mass is 308 g/mol. The first-order valence-corrected chi connectivity index (χ1v) is 8.21. The SMILES string of the molecule is Cc1ccc2oc3ccc(-c4cccc5ccccc45)cc3c2c1. The first-order valence-electron chi connectivity index (χ1n) is 8.21. The van der Waals surface area contributed by atoms with Crippen LogP contribution in [0.4, 0.5) is 0 Å². The highest BCUT2D eigenvalue weighted by Gasteiger charge is 2.10. The van der Waals surface area contributed by atoms with Crippen molar-refractivity contribution >= 4 is 32.7 Å². The number of hydrogen-bond donors (Lipinski definition) is 0. The fourth-order valence-electron chi connectivity index (χ4n) is 3.54. The zero-order valence-electron chi connectivity index (χ0n) is 13.4. The molecule has 114 valence electrons. The van der Waals surface area contributed by atoms with Gasteiger partial charge in [0.25, 0.3) is 0 Å². The Labute approximate surface area is 140 Å². The van der Waals surface area contributed by atoms with Gasteiger partial charge in [0.05, 0.1) is 0 Å². The molecule has 0 radical (unpaired) electrons. The molecule has 0 amide bonds. The van der Waals surface area contributed by atoms with Crippen molar-refractivity contribution in [2.45, 2.75) is 6.92 Å². The van der Waals surface area contributed by atoms with E-state index >= 15 is 0 Å². The van der Waals surface area contributed by atoms with E-state index in [0.717, 1.165) is 11.2 Å². The van der Waals surface area contributed by atoms with Gasteiger partial charge < -0.3 is 4.42 Å². The smallest absolute Gasteiger partial charge is 0.135 e. The summed E-state index contributed by atoms with van der Waals surface area (Å²) in [6, 6.07) is 27.9. The van der Waals surface area contributed by atoms with Crippen molar-refractivity contribution in [3.8, 4) is 11.1 Å². The molecule has 0 bridgehead atoms. The topological polar surface area (TPSA) is 13.1 Å². The van der Waals surface area contributed by atoms with Gasteiger partial charge in [-0.3, -0.25) is 0 Å². The highest BCUT2D eigenvalue weighted by molar-refractivity contribution is 6.07. The molecule has 0 saturated heterocycles. The van der Waals surface area contributed by atoms with E-state index in [0.29, 0.717) is 0 Å². The summed E-state index contributed by atoms with van der Waals surface area (Å²) in [6.07, 6.45) is 0. The van der Waals surface area contributed by atoms with Crippen LogP contribution in [0.1, 0.15) is 5.56 Å². The standard InChI is InChI=1S/C23H16O/c1-15-9-11-22-20(13-15)21-14-17(10-12-23(21)24-22)19-8-4-6-16-5-2-3-7-18(16)19/h2-14H,1H3. The summed E-state index contributed by atoms with van der Waals surface area (Å²) in [5.41, 5.74) is 5.63. The highest BCUT2D eigenvalue weighted by Crippen LogP contribution is 2.35. The summed E-state index contributed by atoms with van der Waals surface area (Å²) >= 11 is 0. The molecule has 0 aliphatic carbocycles. The predicted octanol–water partition coefficient (Wildman–Crippen LogP) is 6.71.